The highest BCUT2D eigenvalue weighted by Crippen LogP contribution is 2.19. The van der Waals surface area contributed by atoms with Gasteiger partial charge in [-0.05, 0) is 18.6 Å². The molecule has 0 unspecified atom stereocenters. The van der Waals surface area contributed by atoms with Crippen molar-refractivity contribution in [3.05, 3.63) is 30.3 Å². The molecule has 1 atom stereocenters. The largest absolute Gasteiger partial charge is 0.481 e. The number of carbonyl (C=O) groups excluding carboxylic acids is 1. The van der Waals surface area contributed by atoms with Gasteiger partial charge < -0.3 is 10.2 Å². The first-order chi connectivity index (χ1) is 8.93. The minimum Gasteiger partial charge on any atom is -0.481 e. The van der Waals surface area contributed by atoms with Crippen molar-refractivity contribution < 1.29 is 24.6 Å². The van der Waals surface area contributed by atoms with Crippen molar-refractivity contribution in [2.45, 2.75) is 25.8 Å². The quantitative estimate of drug-likeness (QED) is 0.809. The van der Waals surface area contributed by atoms with Gasteiger partial charge in [0.15, 0.2) is 0 Å². The van der Waals surface area contributed by atoms with Crippen LogP contribution in [0.15, 0.2) is 30.3 Å². The number of carboxylic acid groups (broad SMARTS) is 2. The van der Waals surface area contributed by atoms with Crippen LogP contribution >= 0.6 is 0 Å². The maximum Gasteiger partial charge on any atom is 0.326 e. The summed E-state index contributed by atoms with van der Waals surface area (Å²) in [6.07, 6.45) is -0.452. The molecule has 19 heavy (non-hydrogen) atoms. The van der Waals surface area contributed by atoms with E-state index in [-0.39, 0.29) is 12.8 Å². The average Bonchev–Trinajstić information content (AvgIpc) is 2.34. The van der Waals surface area contributed by atoms with E-state index in [1.54, 1.807) is 30.3 Å². The van der Waals surface area contributed by atoms with E-state index in [2.05, 4.69) is 0 Å². The van der Waals surface area contributed by atoms with Gasteiger partial charge in [-0.1, -0.05) is 18.2 Å². The molecule has 0 spiro atoms. The second kappa shape index (κ2) is 6.53. The number of nitrogens with zero attached hydrogens (tertiary/aromatic N) is 1. The van der Waals surface area contributed by atoms with Crippen LogP contribution in [0.3, 0.4) is 0 Å². The lowest BCUT2D eigenvalue weighted by molar-refractivity contribution is -0.141. The van der Waals surface area contributed by atoms with Crippen LogP contribution < -0.4 is 4.90 Å². The Bertz CT molecular complexity index is 471. The van der Waals surface area contributed by atoms with Crippen LogP contribution in [0.5, 0.6) is 0 Å². The van der Waals surface area contributed by atoms with Gasteiger partial charge in [0, 0.05) is 19.0 Å². The van der Waals surface area contributed by atoms with Gasteiger partial charge in [-0.25, -0.2) is 4.79 Å². The monoisotopic (exact) mass is 265 g/mol. The Labute approximate surface area is 110 Å². The molecule has 1 rings (SSSR count). The molecule has 0 radical (unpaired) electrons. The Morgan fingerprint density at radius 3 is 2.16 bits per heavy atom. The number of hydrogen-bond acceptors (Lipinski definition) is 3. The number of amides is 1. The number of rotatable bonds is 6. The zero-order chi connectivity index (χ0) is 14.4. The van der Waals surface area contributed by atoms with Crippen molar-refractivity contribution in [3.63, 3.8) is 0 Å². The van der Waals surface area contributed by atoms with Crippen molar-refractivity contribution >= 4 is 23.5 Å². The standard InChI is InChI=1S/C13H15NO5/c1-9(15)14(10-5-3-2-4-6-10)11(13(18)19)7-8-12(16)17/h2-6,11H,7-8H2,1H3,(H,16,17)(H,18,19)/t11-/m0/s1. The third-order valence-electron chi connectivity index (χ3n) is 2.60. The summed E-state index contributed by atoms with van der Waals surface area (Å²) < 4.78 is 0. The summed E-state index contributed by atoms with van der Waals surface area (Å²) >= 11 is 0. The summed E-state index contributed by atoms with van der Waals surface area (Å²) in [4.78, 5) is 34.6. The second-order valence-electron chi connectivity index (χ2n) is 4.01. The maximum absolute atomic E-state index is 11.7. The van der Waals surface area contributed by atoms with Gasteiger partial charge in [-0.3, -0.25) is 14.5 Å². The number of para-hydroxylation sites is 1. The lowest BCUT2D eigenvalue weighted by Gasteiger charge is -2.27. The molecule has 102 valence electrons. The van der Waals surface area contributed by atoms with Crippen molar-refractivity contribution in [2.24, 2.45) is 0 Å². The van der Waals surface area contributed by atoms with E-state index in [4.69, 9.17) is 5.11 Å². The molecule has 0 aliphatic heterocycles. The number of benzene rings is 1. The molecule has 2 N–H and O–H groups in total. The first-order valence-corrected chi connectivity index (χ1v) is 5.73. The summed E-state index contributed by atoms with van der Waals surface area (Å²) in [7, 11) is 0. The van der Waals surface area contributed by atoms with Gasteiger partial charge in [0.1, 0.15) is 6.04 Å². The summed E-state index contributed by atoms with van der Waals surface area (Å²) in [5.74, 6) is -2.76. The number of hydrogen-bond donors (Lipinski definition) is 2. The van der Waals surface area contributed by atoms with E-state index in [9.17, 15) is 19.5 Å². The van der Waals surface area contributed by atoms with Gasteiger partial charge in [-0.15, -0.1) is 0 Å². The molecule has 0 aliphatic carbocycles. The van der Waals surface area contributed by atoms with E-state index in [1.165, 1.54) is 6.92 Å². The summed E-state index contributed by atoms with van der Waals surface area (Å²) in [5, 5.41) is 17.8. The Balaban J connectivity index is 3.03. The molecular formula is C13H15NO5. The molecule has 1 aromatic rings. The van der Waals surface area contributed by atoms with E-state index >= 15 is 0 Å². The lowest BCUT2D eigenvalue weighted by atomic mass is 10.1. The third kappa shape index (κ3) is 4.09. The van der Waals surface area contributed by atoms with Crippen molar-refractivity contribution in [1.82, 2.24) is 0 Å². The van der Waals surface area contributed by atoms with Crippen LogP contribution in [0.25, 0.3) is 0 Å². The van der Waals surface area contributed by atoms with Crippen LogP contribution in [0, 0.1) is 0 Å². The van der Waals surface area contributed by atoms with Gasteiger partial charge in [0.05, 0.1) is 0 Å². The van der Waals surface area contributed by atoms with Crippen molar-refractivity contribution in [1.29, 1.82) is 0 Å². The Kier molecular flexibility index (Phi) is 5.05. The van der Waals surface area contributed by atoms with Crippen LogP contribution in [-0.4, -0.2) is 34.1 Å². The highest BCUT2D eigenvalue weighted by Gasteiger charge is 2.29. The van der Waals surface area contributed by atoms with E-state index in [0.29, 0.717) is 5.69 Å². The average molecular weight is 265 g/mol. The Morgan fingerprint density at radius 1 is 1.16 bits per heavy atom. The van der Waals surface area contributed by atoms with Crippen LogP contribution in [0.2, 0.25) is 0 Å². The van der Waals surface area contributed by atoms with Crippen LogP contribution in [0.1, 0.15) is 19.8 Å². The fraction of sp³-hybridized carbons (Fsp3) is 0.308. The van der Waals surface area contributed by atoms with E-state index < -0.39 is 23.9 Å². The fourth-order valence-electron chi connectivity index (χ4n) is 1.79. The summed E-state index contributed by atoms with van der Waals surface area (Å²) in [6, 6.07) is 7.14. The highest BCUT2D eigenvalue weighted by atomic mass is 16.4. The summed E-state index contributed by atoms with van der Waals surface area (Å²) in [5.41, 5.74) is 0.438. The Morgan fingerprint density at radius 2 is 1.74 bits per heavy atom. The van der Waals surface area contributed by atoms with Crippen LogP contribution in [-0.2, 0) is 14.4 Å². The smallest absolute Gasteiger partial charge is 0.326 e. The molecule has 1 amide bonds. The minimum absolute atomic E-state index is 0.140. The molecule has 0 heterocycles. The third-order valence-corrected chi connectivity index (χ3v) is 2.60. The molecule has 0 bridgehead atoms. The van der Waals surface area contributed by atoms with Gasteiger partial charge in [-0.2, -0.15) is 0 Å². The number of aliphatic carboxylic acids is 2. The molecule has 6 nitrogen and oxygen atoms in total. The summed E-state index contributed by atoms with van der Waals surface area (Å²) in [6.45, 7) is 1.25. The molecule has 0 saturated heterocycles. The molecule has 1 aromatic carbocycles. The van der Waals surface area contributed by atoms with Crippen LogP contribution in [0.4, 0.5) is 5.69 Å². The Hall–Kier alpha value is -2.37. The van der Waals surface area contributed by atoms with Gasteiger partial charge >= 0.3 is 11.9 Å². The molecular weight excluding hydrogens is 250 g/mol. The minimum atomic E-state index is -1.22. The molecule has 0 aromatic heterocycles. The van der Waals surface area contributed by atoms with E-state index in [0.717, 1.165) is 4.90 Å². The lowest BCUT2D eigenvalue weighted by Crippen LogP contribution is -2.44. The van der Waals surface area contributed by atoms with Gasteiger partial charge in [0.2, 0.25) is 5.91 Å². The van der Waals surface area contributed by atoms with E-state index in [1.807, 2.05) is 0 Å². The molecule has 6 heteroatoms. The number of carbonyl (C=O) groups is 3. The number of carboxylic acids is 2. The zero-order valence-electron chi connectivity index (χ0n) is 10.4. The first-order valence-electron chi connectivity index (χ1n) is 5.73. The van der Waals surface area contributed by atoms with Gasteiger partial charge in [0.25, 0.3) is 0 Å². The zero-order valence-corrected chi connectivity index (χ0v) is 10.4. The topological polar surface area (TPSA) is 94.9 Å². The predicted molar refractivity (Wildman–Crippen MR) is 67.9 cm³/mol. The SMILES string of the molecule is CC(=O)N(c1ccccc1)[C@@H](CCC(=O)O)C(=O)O. The van der Waals surface area contributed by atoms with Crippen molar-refractivity contribution in [2.75, 3.05) is 4.90 Å². The van der Waals surface area contributed by atoms with Crippen molar-refractivity contribution in [3.8, 4) is 0 Å². The highest BCUT2D eigenvalue weighted by molar-refractivity contribution is 5.97. The first kappa shape index (κ1) is 14.7. The molecule has 0 fully saturated rings. The predicted octanol–water partition coefficient (Wildman–Crippen LogP) is 1.36. The normalized spacial score (nSPS) is 11.6. The second-order valence-corrected chi connectivity index (χ2v) is 4.01. The molecule has 0 aliphatic rings. The molecule has 0 saturated carbocycles. The fourth-order valence-corrected chi connectivity index (χ4v) is 1.79. The number of anilines is 1. The maximum atomic E-state index is 11.7.